The minimum absolute atomic E-state index is 0.00393. The first-order valence-corrected chi connectivity index (χ1v) is 10.5. The molecule has 13 heteroatoms. The molecule has 1 aromatic rings. The molecular formula is C16H18ClN3O8S. The molecule has 1 saturated heterocycles. The minimum atomic E-state index is -3.16. The average Bonchev–Trinajstić information content (AvgIpc) is 3.03. The summed E-state index contributed by atoms with van der Waals surface area (Å²) in [4.78, 5) is 47.1. The van der Waals surface area contributed by atoms with Gasteiger partial charge >= 0.3 is 5.97 Å². The van der Waals surface area contributed by atoms with E-state index in [0.717, 1.165) is 6.07 Å². The Labute approximate surface area is 171 Å². The fourth-order valence-electron chi connectivity index (χ4n) is 2.63. The number of hydrogen-bond donors (Lipinski definition) is 1. The number of amides is 2. The fraction of sp³-hybridized carbons (Fsp3) is 0.438. The molecule has 1 unspecified atom stereocenters. The van der Waals surface area contributed by atoms with Crippen LogP contribution in [0.5, 0.6) is 0 Å². The van der Waals surface area contributed by atoms with Crippen molar-refractivity contribution in [2.75, 3.05) is 31.7 Å². The van der Waals surface area contributed by atoms with Gasteiger partial charge in [-0.3, -0.25) is 24.5 Å². The summed E-state index contributed by atoms with van der Waals surface area (Å²) in [7, 11) is -1.73. The van der Waals surface area contributed by atoms with E-state index in [-0.39, 0.29) is 22.1 Å². The van der Waals surface area contributed by atoms with Crippen molar-refractivity contribution < 1.29 is 32.5 Å². The van der Waals surface area contributed by atoms with Crippen LogP contribution in [0.25, 0.3) is 0 Å². The number of nitrogens with one attached hydrogen (secondary N) is 1. The summed E-state index contributed by atoms with van der Waals surface area (Å²) in [5.74, 6) is -2.36. The Morgan fingerprint density at radius 2 is 2.07 bits per heavy atom. The van der Waals surface area contributed by atoms with Gasteiger partial charge in [0.05, 0.1) is 16.4 Å². The first kappa shape index (κ1) is 22.6. The molecule has 1 atom stereocenters. The number of esters is 1. The van der Waals surface area contributed by atoms with Crippen molar-refractivity contribution in [3.63, 3.8) is 0 Å². The monoisotopic (exact) mass is 447 g/mol. The summed E-state index contributed by atoms with van der Waals surface area (Å²) in [5, 5.41) is 12.9. The third-order valence-electron chi connectivity index (χ3n) is 4.30. The maximum atomic E-state index is 12.0. The van der Waals surface area contributed by atoms with Crippen molar-refractivity contribution >= 4 is 44.9 Å². The Morgan fingerprint density at radius 1 is 1.38 bits per heavy atom. The first-order chi connectivity index (χ1) is 13.5. The van der Waals surface area contributed by atoms with E-state index in [0.29, 0.717) is 6.42 Å². The zero-order valence-electron chi connectivity index (χ0n) is 15.3. The molecule has 1 fully saturated rings. The predicted molar refractivity (Wildman–Crippen MR) is 101 cm³/mol. The lowest BCUT2D eigenvalue weighted by atomic mass is 10.2. The van der Waals surface area contributed by atoms with Crippen LogP contribution in [0.2, 0.25) is 5.02 Å². The molecule has 1 heterocycles. The smallest absolute Gasteiger partial charge is 0.325 e. The summed E-state index contributed by atoms with van der Waals surface area (Å²) in [5.41, 5.74) is -0.531. The Balaban J connectivity index is 1.81. The molecule has 2 amide bonds. The van der Waals surface area contributed by atoms with Crippen LogP contribution in [0.4, 0.5) is 5.69 Å². The Hall–Kier alpha value is -2.73. The van der Waals surface area contributed by atoms with E-state index < -0.39 is 57.4 Å². The SMILES string of the molecule is CN(C(=O)COC(=O)CNC(=O)c1ccc(Cl)c([N+](=O)[O-])c1)C1CCS(=O)(=O)C1. The van der Waals surface area contributed by atoms with Crippen molar-refractivity contribution in [3.8, 4) is 0 Å². The maximum absolute atomic E-state index is 12.0. The highest BCUT2D eigenvalue weighted by molar-refractivity contribution is 7.91. The highest BCUT2D eigenvalue weighted by atomic mass is 35.5. The van der Waals surface area contributed by atoms with E-state index in [4.69, 9.17) is 16.3 Å². The number of halogens is 1. The molecule has 0 aliphatic carbocycles. The number of nitro benzene ring substituents is 1. The van der Waals surface area contributed by atoms with Crippen LogP contribution in [0, 0.1) is 10.1 Å². The second kappa shape index (κ2) is 9.18. The van der Waals surface area contributed by atoms with E-state index in [1.807, 2.05) is 0 Å². The number of benzene rings is 1. The van der Waals surface area contributed by atoms with Gasteiger partial charge in [-0.15, -0.1) is 0 Å². The normalized spacial score (nSPS) is 17.4. The molecule has 1 aromatic carbocycles. The van der Waals surface area contributed by atoms with Gasteiger partial charge in [0.2, 0.25) is 0 Å². The van der Waals surface area contributed by atoms with E-state index in [2.05, 4.69) is 5.32 Å². The Bertz CT molecular complexity index is 949. The highest BCUT2D eigenvalue weighted by Crippen LogP contribution is 2.25. The number of rotatable bonds is 7. The van der Waals surface area contributed by atoms with Gasteiger partial charge in [0.1, 0.15) is 11.6 Å². The maximum Gasteiger partial charge on any atom is 0.325 e. The standard InChI is InChI=1S/C16H18ClN3O8S/c1-19(11-4-5-29(26,27)9-11)14(21)8-28-15(22)7-18-16(23)10-2-3-12(17)13(6-10)20(24)25/h2-3,6,11H,4-5,7-9H2,1H3,(H,18,23). The zero-order chi connectivity index (χ0) is 21.8. The van der Waals surface area contributed by atoms with Crippen molar-refractivity contribution in [2.45, 2.75) is 12.5 Å². The van der Waals surface area contributed by atoms with Crippen LogP contribution in [0.1, 0.15) is 16.8 Å². The van der Waals surface area contributed by atoms with Gasteiger partial charge in [-0.1, -0.05) is 11.6 Å². The lowest BCUT2D eigenvalue weighted by molar-refractivity contribution is -0.384. The van der Waals surface area contributed by atoms with Gasteiger partial charge in [0, 0.05) is 24.7 Å². The third kappa shape index (κ3) is 6.12. The van der Waals surface area contributed by atoms with E-state index in [9.17, 15) is 32.9 Å². The number of ether oxygens (including phenoxy) is 1. The van der Waals surface area contributed by atoms with Crippen LogP contribution in [-0.2, 0) is 24.2 Å². The largest absolute Gasteiger partial charge is 0.454 e. The summed E-state index contributed by atoms with van der Waals surface area (Å²) >= 11 is 5.67. The molecule has 0 radical (unpaired) electrons. The predicted octanol–water partition coefficient (Wildman–Crippen LogP) is 0.167. The van der Waals surface area contributed by atoms with Gasteiger partial charge in [-0.2, -0.15) is 0 Å². The molecule has 0 spiro atoms. The minimum Gasteiger partial charge on any atom is -0.454 e. The lowest BCUT2D eigenvalue weighted by Crippen LogP contribution is -2.41. The topological polar surface area (TPSA) is 153 Å². The van der Waals surface area contributed by atoms with Gasteiger partial charge < -0.3 is 15.0 Å². The number of hydrogen-bond acceptors (Lipinski definition) is 8. The highest BCUT2D eigenvalue weighted by Gasteiger charge is 2.32. The molecule has 1 aliphatic heterocycles. The molecule has 1 N–H and O–H groups in total. The van der Waals surface area contributed by atoms with E-state index in [1.165, 1.54) is 24.1 Å². The van der Waals surface area contributed by atoms with Crippen LogP contribution < -0.4 is 5.32 Å². The second-order valence-electron chi connectivity index (χ2n) is 6.33. The van der Waals surface area contributed by atoms with Crippen molar-refractivity contribution in [1.82, 2.24) is 10.2 Å². The number of likely N-dealkylation sites (N-methyl/N-ethyl adjacent to an activating group) is 1. The van der Waals surface area contributed by atoms with Crippen LogP contribution >= 0.6 is 11.6 Å². The second-order valence-corrected chi connectivity index (χ2v) is 8.96. The van der Waals surface area contributed by atoms with E-state index in [1.54, 1.807) is 0 Å². The van der Waals surface area contributed by atoms with Crippen LogP contribution in [0.15, 0.2) is 18.2 Å². The van der Waals surface area contributed by atoms with Crippen molar-refractivity contribution in [1.29, 1.82) is 0 Å². The number of sulfone groups is 1. The van der Waals surface area contributed by atoms with Crippen molar-refractivity contribution in [3.05, 3.63) is 38.9 Å². The lowest BCUT2D eigenvalue weighted by Gasteiger charge is -2.23. The van der Waals surface area contributed by atoms with E-state index >= 15 is 0 Å². The average molecular weight is 448 g/mol. The molecule has 158 valence electrons. The molecule has 0 saturated carbocycles. The van der Waals surface area contributed by atoms with Gasteiger partial charge in [0.15, 0.2) is 16.4 Å². The summed E-state index contributed by atoms with van der Waals surface area (Å²) in [6.45, 7) is -1.17. The molecular weight excluding hydrogens is 430 g/mol. The van der Waals surface area contributed by atoms with Gasteiger partial charge in [-0.25, -0.2) is 8.42 Å². The van der Waals surface area contributed by atoms with Crippen LogP contribution in [-0.4, -0.2) is 73.8 Å². The van der Waals surface area contributed by atoms with Crippen molar-refractivity contribution in [2.24, 2.45) is 0 Å². The van der Waals surface area contributed by atoms with Gasteiger partial charge in [0.25, 0.3) is 17.5 Å². The number of carbonyl (C=O) groups is 3. The Kier molecular flexibility index (Phi) is 7.14. The number of nitrogens with zero attached hydrogens (tertiary/aromatic N) is 2. The molecule has 0 aromatic heterocycles. The third-order valence-corrected chi connectivity index (χ3v) is 6.37. The Morgan fingerprint density at radius 3 is 2.66 bits per heavy atom. The van der Waals surface area contributed by atoms with Crippen LogP contribution in [0.3, 0.4) is 0 Å². The number of nitro groups is 1. The molecule has 29 heavy (non-hydrogen) atoms. The quantitative estimate of drug-likeness (QED) is 0.352. The summed E-state index contributed by atoms with van der Waals surface area (Å²) < 4.78 is 27.7. The zero-order valence-corrected chi connectivity index (χ0v) is 16.9. The number of carbonyl (C=O) groups excluding carboxylic acids is 3. The molecule has 2 rings (SSSR count). The summed E-state index contributed by atoms with van der Waals surface area (Å²) in [6, 6.07) is 2.94. The molecule has 0 bridgehead atoms. The molecule has 11 nitrogen and oxygen atoms in total. The fourth-order valence-corrected chi connectivity index (χ4v) is 4.59. The molecule has 1 aliphatic rings. The first-order valence-electron chi connectivity index (χ1n) is 8.34. The summed E-state index contributed by atoms with van der Waals surface area (Å²) in [6.07, 6.45) is 0.321. The van der Waals surface area contributed by atoms with Gasteiger partial charge in [-0.05, 0) is 18.6 Å².